The van der Waals surface area contributed by atoms with E-state index in [0.29, 0.717) is 0 Å². The lowest BCUT2D eigenvalue weighted by atomic mass is 10.3. The Bertz CT molecular complexity index is 138. The van der Waals surface area contributed by atoms with E-state index in [4.69, 9.17) is 5.21 Å². The number of amides is 1. The van der Waals surface area contributed by atoms with Crippen LogP contribution in [0, 0.1) is 0 Å². The molecule has 0 radical (unpaired) electrons. The average molecular weight is 145 g/mol. The van der Waals surface area contributed by atoms with Crippen LogP contribution in [0.3, 0.4) is 0 Å². The topological polar surface area (TPSA) is 58.6 Å². The molecule has 2 N–H and O–H groups in total. The summed E-state index contributed by atoms with van der Waals surface area (Å²) in [7, 11) is 0. The fraction of sp³-hybridized carbons (Fsp3) is 0.500. The molecule has 0 aromatic heterocycles. The van der Waals surface area contributed by atoms with Crippen LogP contribution in [0.2, 0.25) is 0 Å². The molecule has 58 valence electrons. The Kier molecular flexibility index (Phi) is 4.32. The van der Waals surface area contributed by atoms with Crippen LogP contribution in [0.15, 0.2) is 11.6 Å². The van der Waals surface area contributed by atoms with Gasteiger partial charge in [-0.1, -0.05) is 5.57 Å². The standard InChI is InChI=1S/C6H11NO3/c1-5(2)3-4-10-6(8)7-9/h3,9H,4H2,1-2H3,(H,7,8). The summed E-state index contributed by atoms with van der Waals surface area (Å²) in [4.78, 5) is 10.2. The van der Waals surface area contributed by atoms with Gasteiger partial charge >= 0.3 is 6.09 Å². The summed E-state index contributed by atoms with van der Waals surface area (Å²) < 4.78 is 4.43. The lowest BCUT2D eigenvalue weighted by Crippen LogP contribution is -2.19. The summed E-state index contributed by atoms with van der Waals surface area (Å²) in [6.07, 6.45) is 0.896. The molecule has 10 heavy (non-hydrogen) atoms. The van der Waals surface area contributed by atoms with Crippen molar-refractivity contribution >= 4 is 6.09 Å². The van der Waals surface area contributed by atoms with Crippen molar-refractivity contribution in [3.8, 4) is 0 Å². The summed E-state index contributed by atoms with van der Waals surface area (Å²) in [6.45, 7) is 3.97. The number of hydrogen-bond donors (Lipinski definition) is 2. The number of carbonyl (C=O) groups is 1. The van der Waals surface area contributed by atoms with Crippen molar-refractivity contribution in [1.82, 2.24) is 5.48 Å². The quantitative estimate of drug-likeness (QED) is 0.347. The lowest BCUT2D eigenvalue weighted by molar-refractivity contribution is 0.0968. The molecule has 0 rings (SSSR count). The first-order chi connectivity index (χ1) is 4.66. The third-order valence-electron chi connectivity index (χ3n) is 0.797. The molecule has 0 heterocycles. The van der Waals surface area contributed by atoms with Crippen LogP contribution in [0.25, 0.3) is 0 Å². The molecule has 0 bridgehead atoms. The molecule has 0 saturated heterocycles. The number of hydrogen-bond acceptors (Lipinski definition) is 3. The van der Waals surface area contributed by atoms with E-state index < -0.39 is 6.09 Å². The maximum Gasteiger partial charge on any atom is 0.431 e. The summed E-state index contributed by atoms with van der Waals surface area (Å²) in [5.41, 5.74) is 2.41. The Hall–Kier alpha value is -1.03. The number of nitrogens with one attached hydrogen (secondary N) is 1. The highest BCUT2D eigenvalue weighted by Crippen LogP contribution is 1.88. The van der Waals surface area contributed by atoms with E-state index in [-0.39, 0.29) is 6.61 Å². The summed E-state index contributed by atoms with van der Waals surface area (Å²) in [5, 5.41) is 7.95. The van der Waals surface area contributed by atoms with Gasteiger partial charge in [0.2, 0.25) is 0 Å². The van der Waals surface area contributed by atoms with Gasteiger partial charge in [-0.05, 0) is 19.9 Å². The largest absolute Gasteiger partial charge is 0.444 e. The van der Waals surface area contributed by atoms with E-state index >= 15 is 0 Å². The Morgan fingerprint density at radius 3 is 2.70 bits per heavy atom. The van der Waals surface area contributed by atoms with Crippen LogP contribution < -0.4 is 5.48 Å². The minimum atomic E-state index is -0.836. The third-order valence-corrected chi connectivity index (χ3v) is 0.797. The normalized spacial score (nSPS) is 8.30. The molecule has 0 aliphatic heterocycles. The smallest absolute Gasteiger partial charge is 0.431 e. The van der Waals surface area contributed by atoms with Crippen molar-refractivity contribution in [2.45, 2.75) is 13.8 Å². The SMILES string of the molecule is CC(C)=CCOC(=O)NO. The van der Waals surface area contributed by atoms with Crippen LogP contribution in [0.5, 0.6) is 0 Å². The van der Waals surface area contributed by atoms with Crippen LogP contribution in [-0.2, 0) is 4.74 Å². The number of rotatable bonds is 2. The summed E-state index contributed by atoms with van der Waals surface area (Å²) in [6, 6.07) is 0. The molecule has 4 nitrogen and oxygen atoms in total. The van der Waals surface area contributed by atoms with E-state index in [1.807, 2.05) is 13.8 Å². The molecular weight excluding hydrogens is 134 g/mol. The van der Waals surface area contributed by atoms with Crippen molar-refractivity contribution in [2.75, 3.05) is 6.61 Å². The summed E-state index contributed by atoms with van der Waals surface area (Å²) >= 11 is 0. The summed E-state index contributed by atoms with van der Waals surface area (Å²) in [5.74, 6) is 0. The third kappa shape index (κ3) is 5.11. The maximum atomic E-state index is 10.2. The van der Waals surface area contributed by atoms with Gasteiger partial charge in [-0.25, -0.2) is 10.3 Å². The van der Waals surface area contributed by atoms with E-state index in [0.717, 1.165) is 5.57 Å². The molecule has 0 aliphatic rings. The monoisotopic (exact) mass is 145 g/mol. The van der Waals surface area contributed by atoms with Crippen molar-refractivity contribution < 1.29 is 14.7 Å². The van der Waals surface area contributed by atoms with Gasteiger partial charge in [0, 0.05) is 0 Å². The van der Waals surface area contributed by atoms with Crippen LogP contribution in [0.4, 0.5) is 4.79 Å². The van der Waals surface area contributed by atoms with E-state index in [1.165, 1.54) is 5.48 Å². The second-order valence-electron chi connectivity index (χ2n) is 1.99. The fourth-order valence-electron chi connectivity index (χ4n) is 0.316. The molecule has 0 fully saturated rings. The number of carbonyl (C=O) groups excluding carboxylic acids is 1. The van der Waals surface area contributed by atoms with Gasteiger partial charge in [-0.2, -0.15) is 0 Å². The van der Waals surface area contributed by atoms with Crippen molar-refractivity contribution in [3.05, 3.63) is 11.6 Å². The highest BCUT2D eigenvalue weighted by Gasteiger charge is 1.93. The number of allylic oxidation sites excluding steroid dienone is 1. The minimum absolute atomic E-state index is 0.189. The highest BCUT2D eigenvalue weighted by molar-refractivity contribution is 5.65. The van der Waals surface area contributed by atoms with Crippen LogP contribution in [0.1, 0.15) is 13.8 Å². The van der Waals surface area contributed by atoms with E-state index in [2.05, 4.69) is 4.74 Å². The predicted octanol–water partition coefficient (Wildman–Crippen LogP) is 1.07. The van der Waals surface area contributed by atoms with E-state index in [1.54, 1.807) is 6.08 Å². The molecule has 0 saturated carbocycles. The molecule has 0 aromatic rings. The van der Waals surface area contributed by atoms with Gasteiger partial charge in [-0.15, -0.1) is 0 Å². The molecule has 1 amide bonds. The van der Waals surface area contributed by atoms with Gasteiger partial charge in [-0.3, -0.25) is 5.21 Å². The van der Waals surface area contributed by atoms with Crippen molar-refractivity contribution in [3.63, 3.8) is 0 Å². The zero-order valence-corrected chi connectivity index (χ0v) is 6.05. The molecular formula is C6H11NO3. The fourth-order valence-corrected chi connectivity index (χ4v) is 0.316. The van der Waals surface area contributed by atoms with Crippen LogP contribution in [-0.4, -0.2) is 17.9 Å². The second-order valence-corrected chi connectivity index (χ2v) is 1.99. The van der Waals surface area contributed by atoms with Gasteiger partial charge in [0.25, 0.3) is 0 Å². The first-order valence-corrected chi connectivity index (χ1v) is 2.87. The van der Waals surface area contributed by atoms with Crippen LogP contribution >= 0.6 is 0 Å². The first kappa shape index (κ1) is 8.97. The Morgan fingerprint density at radius 2 is 2.30 bits per heavy atom. The van der Waals surface area contributed by atoms with Gasteiger partial charge in [0.15, 0.2) is 0 Å². The van der Waals surface area contributed by atoms with Crippen molar-refractivity contribution in [2.24, 2.45) is 0 Å². The molecule has 0 unspecified atom stereocenters. The second kappa shape index (κ2) is 4.81. The lowest BCUT2D eigenvalue weighted by Gasteiger charge is -1.97. The molecule has 0 spiro atoms. The highest BCUT2D eigenvalue weighted by atomic mass is 16.6. The zero-order valence-electron chi connectivity index (χ0n) is 6.05. The first-order valence-electron chi connectivity index (χ1n) is 2.87. The number of hydroxylamine groups is 1. The van der Waals surface area contributed by atoms with Gasteiger partial charge < -0.3 is 4.74 Å². The Labute approximate surface area is 59.4 Å². The predicted molar refractivity (Wildman–Crippen MR) is 35.7 cm³/mol. The Morgan fingerprint density at radius 1 is 1.70 bits per heavy atom. The maximum absolute atomic E-state index is 10.2. The number of ether oxygens (including phenoxy) is 1. The molecule has 0 aliphatic carbocycles. The molecule has 0 atom stereocenters. The molecule has 4 heteroatoms. The van der Waals surface area contributed by atoms with E-state index in [9.17, 15) is 4.79 Å². The van der Waals surface area contributed by atoms with Crippen molar-refractivity contribution in [1.29, 1.82) is 0 Å². The minimum Gasteiger partial charge on any atom is -0.444 e. The molecule has 0 aromatic carbocycles. The van der Waals surface area contributed by atoms with Gasteiger partial charge in [0.05, 0.1) is 0 Å². The average Bonchev–Trinajstić information content (AvgIpc) is 1.87. The zero-order chi connectivity index (χ0) is 7.98. The van der Waals surface area contributed by atoms with Gasteiger partial charge in [0.1, 0.15) is 6.61 Å². The Balaban J connectivity index is 3.37.